The third-order valence-electron chi connectivity index (χ3n) is 6.25. The van der Waals surface area contributed by atoms with Crippen molar-refractivity contribution in [2.24, 2.45) is 4.99 Å². The molecule has 0 atom stereocenters. The number of aliphatic imine (C=N–C) groups is 1. The largest absolute Gasteiger partial charge is 0.497 e. The summed E-state index contributed by atoms with van der Waals surface area (Å²) >= 11 is 0. The minimum Gasteiger partial charge on any atom is -0.497 e. The lowest BCUT2D eigenvalue weighted by Crippen LogP contribution is -2.56. The summed E-state index contributed by atoms with van der Waals surface area (Å²) < 4.78 is 5.27. The van der Waals surface area contributed by atoms with Gasteiger partial charge in [0.15, 0.2) is 0 Å². The Hall–Kier alpha value is -3.12. The second-order valence-corrected chi connectivity index (χ2v) is 8.30. The van der Waals surface area contributed by atoms with Gasteiger partial charge in [-0.05, 0) is 29.7 Å². The lowest BCUT2D eigenvalue weighted by atomic mass is 9.99. The van der Waals surface area contributed by atoms with Gasteiger partial charge in [-0.3, -0.25) is 19.6 Å². The summed E-state index contributed by atoms with van der Waals surface area (Å²) in [5.74, 6) is 1.74. The zero-order chi connectivity index (χ0) is 21.2. The molecule has 0 aromatic heterocycles. The molecule has 31 heavy (non-hydrogen) atoms. The third kappa shape index (κ3) is 3.95. The van der Waals surface area contributed by atoms with Crippen LogP contribution in [-0.2, 0) is 17.9 Å². The lowest BCUT2D eigenvalue weighted by Gasteiger charge is -2.45. The Morgan fingerprint density at radius 2 is 1.74 bits per heavy atom. The second-order valence-electron chi connectivity index (χ2n) is 8.30. The molecule has 3 aliphatic rings. The molecule has 3 aliphatic heterocycles. The van der Waals surface area contributed by atoms with Gasteiger partial charge < -0.3 is 9.64 Å². The van der Waals surface area contributed by atoms with Crippen LogP contribution in [0, 0.1) is 0 Å². The van der Waals surface area contributed by atoms with E-state index in [1.54, 1.807) is 7.11 Å². The fourth-order valence-electron chi connectivity index (χ4n) is 4.66. The van der Waals surface area contributed by atoms with E-state index in [9.17, 15) is 4.79 Å². The third-order valence-corrected chi connectivity index (χ3v) is 6.25. The van der Waals surface area contributed by atoms with Gasteiger partial charge in [0.25, 0.3) is 5.91 Å². The molecule has 5 rings (SSSR count). The average Bonchev–Trinajstić information content (AvgIpc) is 2.83. The van der Waals surface area contributed by atoms with Crippen molar-refractivity contribution in [3.05, 3.63) is 77.0 Å². The summed E-state index contributed by atoms with van der Waals surface area (Å²) in [7, 11) is 1.66. The molecule has 0 saturated carbocycles. The molecule has 160 valence electrons. The van der Waals surface area contributed by atoms with Crippen LogP contribution in [0.4, 0.5) is 0 Å². The molecule has 0 spiro atoms. The van der Waals surface area contributed by atoms with Crippen LogP contribution < -0.4 is 4.74 Å². The number of nitrogens with zero attached hydrogens (tertiary/aromatic N) is 4. The monoisotopic (exact) mass is 416 g/mol. The van der Waals surface area contributed by atoms with E-state index in [0.29, 0.717) is 13.1 Å². The van der Waals surface area contributed by atoms with Gasteiger partial charge in [0.2, 0.25) is 5.96 Å². The molecule has 0 unspecified atom stereocenters. The van der Waals surface area contributed by atoms with Crippen LogP contribution >= 0.6 is 0 Å². The molecule has 0 saturated heterocycles. The Morgan fingerprint density at radius 1 is 0.968 bits per heavy atom. The van der Waals surface area contributed by atoms with Crippen LogP contribution in [-0.4, -0.2) is 59.9 Å². The lowest BCUT2D eigenvalue weighted by molar-refractivity contribution is -0.125. The molecule has 0 N–H and O–H groups in total. The number of guanidine groups is 1. The minimum atomic E-state index is 0.0977. The fourth-order valence-corrected chi connectivity index (χ4v) is 4.66. The van der Waals surface area contributed by atoms with E-state index in [4.69, 9.17) is 9.73 Å². The molecule has 3 heterocycles. The number of fused-ring (bicyclic) bond motifs is 2. The quantitative estimate of drug-likeness (QED) is 0.751. The minimum absolute atomic E-state index is 0.0977. The van der Waals surface area contributed by atoms with E-state index in [-0.39, 0.29) is 5.91 Å². The number of amides is 1. The molecule has 0 bridgehead atoms. The molecule has 1 amide bonds. The zero-order valence-electron chi connectivity index (χ0n) is 18.0. The number of carbonyl (C=O) groups excluding carboxylic acids is 1. The summed E-state index contributed by atoms with van der Waals surface area (Å²) in [4.78, 5) is 25.0. The number of methoxy groups -OCH3 is 1. The predicted molar refractivity (Wildman–Crippen MR) is 121 cm³/mol. The first-order valence-corrected chi connectivity index (χ1v) is 11.0. The Balaban J connectivity index is 1.41. The van der Waals surface area contributed by atoms with Crippen LogP contribution in [0.25, 0.3) is 0 Å². The van der Waals surface area contributed by atoms with Gasteiger partial charge in [0.05, 0.1) is 19.2 Å². The number of rotatable bonds is 5. The van der Waals surface area contributed by atoms with Crippen molar-refractivity contribution in [3.8, 4) is 5.75 Å². The topological polar surface area (TPSA) is 48.4 Å². The maximum Gasteiger partial charge on any atom is 0.259 e. The smallest absolute Gasteiger partial charge is 0.259 e. The Morgan fingerprint density at radius 3 is 2.52 bits per heavy atom. The van der Waals surface area contributed by atoms with Crippen LogP contribution in [0.2, 0.25) is 0 Å². The fraction of sp³-hybridized carbons (Fsp3) is 0.360. The van der Waals surface area contributed by atoms with Gasteiger partial charge in [0.1, 0.15) is 5.75 Å². The van der Waals surface area contributed by atoms with Gasteiger partial charge in [0, 0.05) is 44.8 Å². The summed E-state index contributed by atoms with van der Waals surface area (Å²) in [5.41, 5.74) is 4.46. The molecule has 2 aromatic rings. The summed E-state index contributed by atoms with van der Waals surface area (Å²) in [6.07, 6.45) is 1.92. The highest BCUT2D eigenvalue weighted by Crippen LogP contribution is 2.32. The first kappa shape index (κ1) is 19.8. The van der Waals surface area contributed by atoms with Gasteiger partial charge in [-0.2, -0.15) is 0 Å². The van der Waals surface area contributed by atoms with Gasteiger partial charge in [-0.15, -0.1) is 0 Å². The van der Waals surface area contributed by atoms with E-state index in [1.165, 1.54) is 11.3 Å². The molecule has 2 aromatic carbocycles. The van der Waals surface area contributed by atoms with E-state index < -0.39 is 0 Å². The predicted octanol–water partition coefficient (Wildman–Crippen LogP) is 3.26. The highest BCUT2D eigenvalue weighted by Gasteiger charge is 2.40. The highest BCUT2D eigenvalue weighted by molar-refractivity contribution is 6.09. The Labute approximate surface area is 183 Å². The summed E-state index contributed by atoms with van der Waals surface area (Å²) in [5, 5.41) is 0. The zero-order valence-corrected chi connectivity index (χ0v) is 18.0. The number of benzene rings is 2. The van der Waals surface area contributed by atoms with Crippen molar-refractivity contribution in [3.63, 3.8) is 0 Å². The average molecular weight is 417 g/mol. The van der Waals surface area contributed by atoms with Crippen molar-refractivity contribution >= 4 is 11.9 Å². The van der Waals surface area contributed by atoms with Crippen molar-refractivity contribution in [2.75, 3.05) is 33.3 Å². The maximum atomic E-state index is 13.6. The second kappa shape index (κ2) is 8.55. The Bertz CT molecular complexity index is 1010. The Kier molecular flexibility index (Phi) is 5.47. The standard InChI is InChI=1S/C25H28N4O2/c1-31-21-10-8-20(9-11-21)17-29-24(30)22-18-27(16-19-6-3-2-4-7-19)15-12-23(22)28-14-5-13-26-25(28)29/h2-4,6-11H,5,12-18H2,1H3. The highest BCUT2D eigenvalue weighted by atomic mass is 16.5. The van der Waals surface area contributed by atoms with E-state index in [1.807, 2.05) is 35.2 Å². The van der Waals surface area contributed by atoms with Crippen molar-refractivity contribution < 1.29 is 9.53 Å². The van der Waals surface area contributed by atoms with Crippen LogP contribution in [0.3, 0.4) is 0 Å². The van der Waals surface area contributed by atoms with Gasteiger partial charge in [-0.25, -0.2) is 0 Å². The van der Waals surface area contributed by atoms with Crippen LogP contribution in [0.5, 0.6) is 5.75 Å². The summed E-state index contributed by atoms with van der Waals surface area (Å²) in [6.45, 7) is 4.75. The number of carbonyl (C=O) groups is 1. The number of hydrogen-bond acceptors (Lipinski definition) is 5. The normalized spacial score (nSPS) is 19.1. The number of hydrogen-bond donors (Lipinski definition) is 0. The van der Waals surface area contributed by atoms with Crippen molar-refractivity contribution in [1.82, 2.24) is 14.7 Å². The van der Waals surface area contributed by atoms with Crippen LogP contribution in [0.15, 0.2) is 70.9 Å². The van der Waals surface area contributed by atoms with Gasteiger partial charge >= 0.3 is 0 Å². The van der Waals surface area contributed by atoms with Crippen molar-refractivity contribution in [2.45, 2.75) is 25.9 Å². The molecular formula is C25H28N4O2. The maximum absolute atomic E-state index is 13.6. The van der Waals surface area contributed by atoms with Crippen molar-refractivity contribution in [1.29, 1.82) is 0 Å². The molecule has 0 fully saturated rings. The molecule has 0 radical (unpaired) electrons. The molecular weight excluding hydrogens is 388 g/mol. The first-order valence-electron chi connectivity index (χ1n) is 11.0. The van der Waals surface area contributed by atoms with Gasteiger partial charge in [-0.1, -0.05) is 42.5 Å². The summed E-state index contributed by atoms with van der Waals surface area (Å²) in [6, 6.07) is 18.4. The first-order chi connectivity index (χ1) is 15.2. The SMILES string of the molecule is COc1ccc(CN2C(=O)C3=C(CCN(Cc4ccccc4)C3)N3CCCN=C23)cc1. The molecule has 6 heteroatoms. The number of ether oxygens (including phenoxy) is 1. The molecule has 6 nitrogen and oxygen atoms in total. The van der Waals surface area contributed by atoms with E-state index in [0.717, 1.165) is 61.9 Å². The van der Waals surface area contributed by atoms with Crippen LogP contribution in [0.1, 0.15) is 24.0 Å². The molecule has 0 aliphatic carbocycles. The van der Waals surface area contributed by atoms with E-state index in [2.05, 4.69) is 34.1 Å². The van der Waals surface area contributed by atoms with E-state index >= 15 is 0 Å².